The molecule has 3 aliphatic heterocycles. The lowest BCUT2D eigenvalue weighted by atomic mass is 9.97. The van der Waals surface area contributed by atoms with Gasteiger partial charge in [-0.2, -0.15) is 4.31 Å². The zero-order chi connectivity index (χ0) is 23.7. The first-order valence-corrected chi connectivity index (χ1v) is 13.8. The fourth-order valence-corrected chi connectivity index (χ4v) is 6.59. The van der Waals surface area contributed by atoms with Crippen LogP contribution in [0.3, 0.4) is 0 Å². The van der Waals surface area contributed by atoms with Crippen LogP contribution in [0.5, 0.6) is 11.5 Å². The summed E-state index contributed by atoms with van der Waals surface area (Å²) in [6, 6.07) is 12.7. The zero-order valence-electron chi connectivity index (χ0n) is 18.9. The van der Waals surface area contributed by atoms with Gasteiger partial charge in [-0.3, -0.25) is 9.69 Å². The third-order valence-electron chi connectivity index (χ3n) is 6.71. The van der Waals surface area contributed by atoms with Crippen LogP contribution in [0.15, 0.2) is 51.8 Å². The topological polar surface area (TPSA) is 79.4 Å². The van der Waals surface area contributed by atoms with Gasteiger partial charge in [-0.05, 0) is 54.8 Å². The SMILES string of the molecule is O=C([C@H]1CCCN(S(=O)(=O)c2ccc(Br)cc2)C1)N1CCN(Cc2ccc3c(c2)OCO3)CC1. The lowest BCUT2D eigenvalue weighted by Gasteiger charge is -2.38. The van der Waals surface area contributed by atoms with Crippen molar-refractivity contribution in [1.29, 1.82) is 0 Å². The summed E-state index contributed by atoms with van der Waals surface area (Å²) in [4.78, 5) is 17.7. The number of carbonyl (C=O) groups excluding carboxylic acids is 1. The lowest BCUT2D eigenvalue weighted by molar-refractivity contribution is -0.138. The van der Waals surface area contributed by atoms with Crippen LogP contribution in [0, 0.1) is 5.92 Å². The Morgan fingerprint density at radius 3 is 2.47 bits per heavy atom. The molecule has 2 saturated heterocycles. The quantitative estimate of drug-likeness (QED) is 0.570. The number of benzene rings is 2. The van der Waals surface area contributed by atoms with E-state index in [1.807, 2.05) is 23.1 Å². The van der Waals surface area contributed by atoms with Crippen LogP contribution < -0.4 is 9.47 Å². The summed E-state index contributed by atoms with van der Waals surface area (Å²) in [5.41, 5.74) is 1.16. The number of piperazine rings is 1. The highest BCUT2D eigenvalue weighted by atomic mass is 79.9. The predicted molar refractivity (Wildman–Crippen MR) is 130 cm³/mol. The van der Waals surface area contributed by atoms with E-state index >= 15 is 0 Å². The van der Waals surface area contributed by atoms with E-state index in [0.29, 0.717) is 26.1 Å². The van der Waals surface area contributed by atoms with E-state index in [1.54, 1.807) is 24.3 Å². The Kier molecular flexibility index (Phi) is 6.83. The molecule has 34 heavy (non-hydrogen) atoms. The van der Waals surface area contributed by atoms with E-state index in [9.17, 15) is 13.2 Å². The van der Waals surface area contributed by atoms with Gasteiger partial charge in [-0.1, -0.05) is 22.0 Å². The van der Waals surface area contributed by atoms with Gasteiger partial charge in [0, 0.05) is 50.3 Å². The first-order valence-electron chi connectivity index (χ1n) is 11.6. The molecule has 0 spiro atoms. The van der Waals surface area contributed by atoms with Crippen molar-refractivity contribution >= 4 is 31.9 Å². The minimum absolute atomic E-state index is 0.0680. The van der Waals surface area contributed by atoms with Gasteiger partial charge in [-0.25, -0.2) is 8.42 Å². The molecule has 0 radical (unpaired) electrons. The molecule has 3 heterocycles. The lowest BCUT2D eigenvalue weighted by Crippen LogP contribution is -2.52. The van der Waals surface area contributed by atoms with Gasteiger partial charge in [0.05, 0.1) is 10.8 Å². The Hall–Kier alpha value is -2.14. The Balaban J connectivity index is 1.16. The summed E-state index contributed by atoms with van der Waals surface area (Å²) in [7, 11) is -3.61. The van der Waals surface area contributed by atoms with E-state index in [2.05, 4.69) is 20.8 Å². The Bertz CT molecular complexity index is 1150. The first-order chi connectivity index (χ1) is 16.4. The second-order valence-corrected chi connectivity index (χ2v) is 11.8. The van der Waals surface area contributed by atoms with Gasteiger partial charge in [0.15, 0.2) is 11.5 Å². The normalized spacial score (nSPS) is 21.6. The van der Waals surface area contributed by atoms with E-state index in [4.69, 9.17) is 9.47 Å². The molecule has 5 rings (SSSR count). The van der Waals surface area contributed by atoms with Crippen molar-refractivity contribution < 1.29 is 22.7 Å². The molecule has 3 aliphatic rings. The molecule has 2 aromatic carbocycles. The molecule has 10 heteroatoms. The Morgan fingerprint density at radius 1 is 0.971 bits per heavy atom. The second-order valence-electron chi connectivity index (χ2n) is 8.95. The average molecular weight is 550 g/mol. The Labute approximate surface area is 208 Å². The van der Waals surface area contributed by atoms with Gasteiger partial charge < -0.3 is 14.4 Å². The molecule has 0 aromatic heterocycles. The van der Waals surface area contributed by atoms with Crippen molar-refractivity contribution in [2.45, 2.75) is 24.3 Å². The van der Waals surface area contributed by atoms with E-state index in [-0.39, 0.29) is 30.1 Å². The number of nitrogens with zero attached hydrogens (tertiary/aromatic N) is 3. The standard InChI is InChI=1S/C24H28BrN3O5S/c25-20-4-6-21(7-5-20)34(30,31)28-9-1-2-19(16-28)24(29)27-12-10-26(11-13-27)15-18-3-8-22-23(14-18)33-17-32-22/h3-8,14,19H,1-2,9-13,15-17H2/t19-/m0/s1. The van der Waals surface area contributed by atoms with E-state index in [1.165, 1.54) is 4.31 Å². The molecular formula is C24H28BrN3O5S. The van der Waals surface area contributed by atoms with Gasteiger partial charge in [0.25, 0.3) is 0 Å². The summed E-state index contributed by atoms with van der Waals surface area (Å²) in [6.07, 6.45) is 1.42. The van der Waals surface area contributed by atoms with Gasteiger partial charge in [-0.15, -0.1) is 0 Å². The number of ether oxygens (including phenoxy) is 2. The number of amides is 1. The van der Waals surface area contributed by atoms with Crippen LogP contribution in [0.2, 0.25) is 0 Å². The number of hydrogen-bond donors (Lipinski definition) is 0. The van der Waals surface area contributed by atoms with Crippen molar-refractivity contribution in [3.63, 3.8) is 0 Å². The molecule has 0 aliphatic carbocycles. The van der Waals surface area contributed by atoms with Gasteiger partial charge in [0.1, 0.15) is 0 Å². The summed E-state index contributed by atoms with van der Waals surface area (Å²) >= 11 is 3.34. The number of piperidine rings is 1. The molecule has 0 N–H and O–H groups in total. The molecule has 0 unspecified atom stereocenters. The molecular weight excluding hydrogens is 522 g/mol. The molecule has 2 fully saturated rings. The number of rotatable bonds is 5. The predicted octanol–water partition coefficient (Wildman–Crippen LogP) is 2.92. The smallest absolute Gasteiger partial charge is 0.243 e. The van der Waals surface area contributed by atoms with Crippen molar-refractivity contribution in [3.05, 3.63) is 52.5 Å². The highest BCUT2D eigenvalue weighted by molar-refractivity contribution is 9.10. The van der Waals surface area contributed by atoms with Gasteiger partial charge >= 0.3 is 0 Å². The van der Waals surface area contributed by atoms with E-state index < -0.39 is 10.0 Å². The largest absolute Gasteiger partial charge is 0.454 e. The minimum atomic E-state index is -3.61. The van der Waals surface area contributed by atoms with Crippen LogP contribution >= 0.6 is 15.9 Å². The highest BCUT2D eigenvalue weighted by Crippen LogP contribution is 2.33. The third-order valence-corrected chi connectivity index (χ3v) is 9.12. The number of carbonyl (C=O) groups is 1. The first kappa shape index (κ1) is 23.6. The maximum atomic E-state index is 13.2. The molecule has 0 bridgehead atoms. The number of hydrogen-bond acceptors (Lipinski definition) is 6. The van der Waals surface area contributed by atoms with Crippen LogP contribution in [-0.2, 0) is 21.4 Å². The second kappa shape index (κ2) is 9.85. The monoisotopic (exact) mass is 549 g/mol. The van der Waals surface area contributed by atoms with Crippen molar-refractivity contribution in [3.8, 4) is 11.5 Å². The van der Waals surface area contributed by atoms with Crippen LogP contribution in [0.25, 0.3) is 0 Å². The van der Waals surface area contributed by atoms with Crippen molar-refractivity contribution in [1.82, 2.24) is 14.1 Å². The Morgan fingerprint density at radius 2 is 1.71 bits per heavy atom. The number of fused-ring (bicyclic) bond motifs is 1. The zero-order valence-corrected chi connectivity index (χ0v) is 21.3. The highest BCUT2D eigenvalue weighted by Gasteiger charge is 2.35. The summed E-state index contributed by atoms with van der Waals surface area (Å²) in [5.74, 6) is 1.34. The van der Waals surface area contributed by atoms with Crippen LogP contribution in [0.4, 0.5) is 0 Å². The maximum absolute atomic E-state index is 13.2. The van der Waals surface area contributed by atoms with E-state index in [0.717, 1.165) is 47.6 Å². The van der Waals surface area contributed by atoms with Gasteiger partial charge in [0.2, 0.25) is 22.7 Å². The molecule has 1 amide bonds. The molecule has 8 nitrogen and oxygen atoms in total. The van der Waals surface area contributed by atoms with Crippen molar-refractivity contribution in [2.75, 3.05) is 46.1 Å². The third kappa shape index (κ3) is 4.95. The molecule has 0 saturated carbocycles. The summed E-state index contributed by atoms with van der Waals surface area (Å²) in [6.45, 7) is 4.63. The average Bonchev–Trinajstić information content (AvgIpc) is 3.32. The summed E-state index contributed by atoms with van der Waals surface area (Å²) in [5, 5.41) is 0. The minimum Gasteiger partial charge on any atom is -0.454 e. The van der Waals surface area contributed by atoms with Crippen molar-refractivity contribution in [2.24, 2.45) is 5.92 Å². The fourth-order valence-electron chi connectivity index (χ4n) is 4.80. The molecule has 2 aromatic rings. The molecule has 182 valence electrons. The van der Waals surface area contributed by atoms with Crippen LogP contribution in [-0.4, -0.2) is 74.5 Å². The van der Waals surface area contributed by atoms with Crippen LogP contribution in [0.1, 0.15) is 18.4 Å². The fraction of sp³-hybridized carbons (Fsp3) is 0.458. The number of halogens is 1. The summed E-state index contributed by atoms with van der Waals surface area (Å²) < 4.78 is 39.3. The number of sulfonamides is 1. The maximum Gasteiger partial charge on any atom is 0.243 e. The molecule has 1 atom stereocenters.